The number of benzene rings is 1. The quantitative estimate of drug-likeness (QED) is 0.875. The van der Waals surface area contributed by atoms with Crippen LogP contribution in [0.2, 0.25) is 0 Å². The Morgan fingerprint density at radius 1 is 1.44 bits per heavy atom. The van der Waals surface area contributed by atoms with Gasteiger partial charge in [-0.05, 0) is 13.0 Å². The fourth-order valence-electron chi connectivity index (χ4n) is 1.28. The molecule has 0 spiro atoms. The van der Waals surface area contributed by atoms with Crippen LogP contribution in [-0.2, 0) is 14.6 Å². The molecule has 0 saturated carbocycles. The van der Waals surface area contributed by atoms with Crippen LogP contribution in [0.4, 0.5) is 4.39 Å². The van der Waals surface area contributed by atoms with Crippen LogP contribution in [-0.4, -0.2) is 25.7 Å². The Morgan fingerprint density at radius 3 is 2.44 bits per heavy atom. The number of halogens is 1. The molecule has 16 heavy (non-hydrogen) atoms. The number of sulfone groups is 1. The Morgan fingerprint density at radius 2 is 2.00 bits per heavy atom. The van der Waals surface area contributed by atoms with Crippen LogP contribution in [0.5, 0.6) is 0 Å². The van der Waals surface area contributed by atoms with Crippen molar-refractivity contribution in [1.29, 1.82) is 0 Å². The van der Waals surface area contributed by atoms with Gasteiger partial charge in [0, 0.05) is 11.8 Å². The number of rotatable bonds is 3. The fraction of sp³-hybridized carbons (Fsp3) is 0.300. The molecule has 4 nitrogen and oxygen atoms in total. The minimum atomic E-state index is -3.68. The molecule has 1 aromatic carbocycles. The standard InChI is InChI=1S/C10H11FO4S/c1-6(10(12)13)7-4-3-5-8(9(7)11)16(2,14)15/h3-6H,1-2H3,(H,12,13). The first kappa shape index (κ1) is 12.6. The number of aliphatic carboxylic acids is 1. The van der Waals surface area contributed by atoms with Gasteiger partial charge in [-0.25, -0.2) is 12.8 Å². The second-order valence-electron chi connectivity index (χ2n) is 3.49. The summed E-state index contributed by atoms with van der Waals surface area (Å²) in [6.45, 7) is 1.30. The van der Waals surface area contributed by atoms with E-state index in [2.05, 4.69) is 0 Å². The lowest BCUT2D eigenvalue weighted by atomic mass is 10.0. The second-order valence-corrected chi connectivity index (χ2v) is 5.48. The van der Waals surface area contributed by atoms with Crippen molar-refractivity contribution in [3.8, 4) is 0 Å². The summed E-state index contributed by atoms with van der Waals surface area (Å²) in [6.07, 6.45) is 0.876. The monoisotopic (exact) mass is 246 g/mol. The highest BCUT2D eigenvalue weighted by molar-refractivity contribution is 7.90. The molecule has 88 valence electrons. The molecule has 0 amide bonds. The molecule has 0 aromatic heterocycles. The Kier molecular flexibility index (Phi) is 3.32. The van der Waals surface area contributed by atoms with Gasteiger partial charge >= 0.3 is 5.97 Å². The van der Waals surface area contributed by atoms with E-state index >= 15 is 0 Å². The van der Waals surface area contributed by atoms with Crippen LogP contribution in [0, 0.1) is 5.82 Å². The number of hydrogen-bond acceptors (Lipinski definition) is 3. The van der Waals surface area contributed by atoms with E-state index in [1.54, 1.807) is 0 Å². The van der Waals surface area contributed by atoms with E-state index in [0.717, 1.165) is 12.3 Å². The van der Waals surface area contributed by atoms with Crippen molar-refractivity contribution in [3.05, 3.63) is 29.6 Å². The SMILES string of the molecule is CC(C(=O)O)c1cccc(S(C)(=O)=O)c1F. The minimum Gasteiger partial charge on any atom is -0.481 e. The lowest BCUT2D eigenvalue weighted by Gasteiger charge is -2.10. The van der Waals surface area contributed by atoms with E-state index in [0.29, 0.717) is 0 Å². The van der Waals surface area contributed by atoms with E-state index in [-0.39, 0.29) is 5.56 Å². The van der Waals surface area contributed by atoms with Gasteiger partial charge in [0.15, 0.2) is 9.84 Å². The molecule has 0 aliphatic heterocycles. The van der Waals surface area contributed by atoms with Crippen LogP contribution in [0.25, 0.3) is 0 Å². The van der Waals surface area contributed by atoms with E-state index in [9.17, 15) is 17.6 Å². The van der Waals surface area contributed by atoms with Gasteiger partial charge in [0.2, 0.25) is 0 Å². The molecule has 1 rings (SSSR count). The highest BCUT2D eigenvalue weighted by atomic mass is 32.2. The van der Waals surface area contributed by atoms with Crippen molar-refractivity contribution < 1.29 is 22.7 Å². The highest BCUT2D eigenvalue weighted by Gasteiger charge is 2.23. The molecule has 0 saturated heterocycles. The van der Waals surface area contributed by atoms with Gasteiger partial charge in [-0.3, -0.25) is 4.79 Å². The first-order chi connectivity index (χ1) is 7.25. The van der Waals surface area contributed by atoms with E-state index in [1.807, 2.05) is 0 Å². The smallest absolute Gasteiger partial charge is 0.310 e. The predicted octanol–water partition coefficient (Wildman–Crippen LogP) is 1.42. The molecular weight excluding hydrogens is 235 g/mol. The summed E-state index contributed by atoms with van der Waals surface area (Å²) in [4.78, 5) is 10.2. The average Bonchev–Trinajstić information content (AvgIpc) is 2.15. The van der Waals surface area contributed by atoms with E-state index in [4.69, 9.17) is 5.11 Å². The Balaban J connectivity index is 3.41. The van der Waals surface area contributed by atoms with E-state index in [1.165, 1.54) is 19.1 Å². The second kappa shape index (κ2) is 4.21. The van der Waals surface area contributed by atoms with Crippen molar-refractivity contribution in [3.63, 3.8) is 0 Å². The number of carbonyl (C=O) groups is 1. The molecule has 1 aromatic rings. The van der Waals surface area contributed by atoms with Gasteiger partial charge in [-0.15, -0.1) is 0 Å². The Hall–Kier alpha value is -1.43. The zero-order chi connectivity index (χ0) is 12.5. The summed E-state index contributed by atoms with van der Waals surface area (Å²) >= 11 is 0. The third-order valence-electron chi connectivity index (χ3n) is 2.23. The summed E-state index contributed by atoms with van der Waals surface area (Å²) in [5.74, 6) is -3.27. The maximum absolute atomic E-state index is 13.7. The zero-order valence-corrected chi connectivity index (χ0v) is 9.58. The van der Waals surface area contributed by atoms with E-state index < -0.39 is 32.4 Å². The van der Waals surface area contributed by atoms with Crippen molar-refractivity contribution >= 4 is 15.8 Å². The van der Waals surface area contributed by atoms with Gasteiger partial charge in [0.1, 0.15) is 10.7 Å². The molecular formula is C10H11FO4S. The molecule has 0 aliphatic rings. The summed E-state index contributed by atoms with van der Waals surface area (Å²) in [7, 11) is -3.68. The largest absolute Gasteiger partial charge is 0.481 e. The minimum absolute atomic E-state index is 0.129. The molecule has 1 unspecified atom stereocenters. The normalized spacial score (nSPS) is 13.4. The summed E-state index contributed by atoms with van der Waals surface area (Å²) in [5.41, 5.74) is -0.129. The maximum Gasteiger partial charge on any atom is 0.310 e. The molecule has 0 fully saturated rings. The third kappa shape index (κ3) is 2.38. The molecule has 1 N–H and O–H groups in total. The third-order valence-corrected chi connectivity index (χ3v) is 3.34. The molecule has 0 heterocycles. The first-order valence-electron chi connectivity index (χ1n) is 4.46. The van der Waals surface area contributed by atoms with Crippen LogP contribution >= 0.6 is 0 Å². The fourth-order valence-corrected chi connectivity index (χ4v) is 2.05. The first-order valence-corrected chi connectivity index (χ1v) is 6.35. The maximum atomic E-state index is 13.7. The van der Waals surface area contributed by atoms with Crippen LogP contribution in [0.15, 0.2) is 23.1 Å². The summed E-state index contributed by atoms with van der Waals surface area (Å²) < 4.78 is 36.2. The van der Waals surface area contributed by atoms with Crippen molar-refractivity contribution in [2.75, 3.05) is 6.26 Å². The van der Waals surface area contributed by atoms with Crippen molar-refractivity contribution in [1.82, 2.24) is 0 Å². The van der Waals surface area contributed by atoms with Crippen LogP contribution in [0.3, 0.4) is 0 Å². The summed E-state index contributed by atoms with van der Waals surface area (Å²) in [6, 6.07) is 3.71. The molecule has 0 aliphatic carbocycles. The Bertz CT molecular complexity index is 522. The lowest BCUT2D eigenvalue weighted by Crippen LogP contribution is -2.12. The average molecular weight is 246 g/mol. The van der Waals surface area contributed by atoms with Gasteiger partial charge in [0.05, 0.1) is 5.92 Å². The van der Waals surface area contributed by atoms with Crippen molar-refractivity contribution in [2.45, 2.75) is 17.7 Å². The number of carboxylic acids is 1. The number of hydrogen-bond donors (Lipinski definition) is 1. The molecule has 0 radical (unpaired) electrons. The predicted molar refractivity (Wildman–Crippen MR) is 55.6 cm³/mol. The Labute approximate surface area is 92.6 Å². The van der Waals surface area contributed by atoms with Gasteiger partial charge in [-0.1, -0.05) is 12.1 Å². The topological polar surface area (TPSA) is 71.4 Å². The number of carboxylic acid groups (broad SMARTS) is 1. The highest BCUT2D eigenvalue weighted by Crippen LogP contribution is 2.24. The molecule has 0 bridgehead atoms. The van der Waals surface area contributed by atoms with Gasteiger partial charge in [0.25, 0.3) is 0 Å². The van der Waals surface area contributed by atoms with Crippen molar-refractivity contribution in [2.24, 2.45) is 0 Å². The lowest BCUT2D eigenvalue weighted by molar-refractivity contribution is -0.138. The molecule has 6 heteroatoms. The van der Waals surface area contributed by atoms with Crippen LogP contribution in [0.1, 0.15) is 18.4 Å². The molecule has 1 atom stereocenters. The summed E-state index contributed by atoms with van der Waals surface area (Å²) in [5, 5.41) is 8.74. The van der Waals surface area contributed by atoms with Gasteiger partial charge < -0.3 is 5.11 Å². The van der Waals surface area contributed by atoms with Crippen LogP contribution < -0.4 is 0 Å². The zero-order valence-electron chi connectivity index (χ0n) is 8.77. The van der Waals surface area contributed by atoms with Gasteiger partial charge in [-0.2, -0.15) is 0 Å².